The van der Waals surface area contributed by atoms with E-state index >= 15 is 0 Å². The van der Waals surface area contributed by atoms with E-state index in [0.29, 0.717) is 50.9 Å². The quantitative estimate of drug-likeness (QED) is 0.392. The first-order valence-electron chi connectivity index (χ1n) is 14.0. The second-order valence-corrected chi connectivity index (χ2v) is 10.8. The van der Waals surface area contributed by atoms with Crippen LogP contribution in [0.4, 0.5) is 4.79 Å². The Labute approximate surface area is 226 Å². The van der Waals surface area contributed by atoms with Crippen LogP contribution < -0.4 is 15.4 Å². The van der Waals surface area contributed by atoms with E-state index in [9.17, 15) is 9.59 Å². The number of nitrogens with one attached hydrogen (secondary N) is 3. The van der Waals surface area contributed by atoms with Gasteiger partial charge in [-0.15, -0.1) is 0 Å². The maximum absolute atomic E-state index is 13.8. The Bertz CT molecular complexity index is 1020. The number of methoxy groups -OCH3 is 1. The molecule has 1 saturated carbocycles. The van der Waals surface area contributed by atoms with Crippen molar-refractivity contribution >= 4 is 11.9 Å². The van der Waals surface area contributed by atoms with Gasteiger partial charge < -0.3 is 30.0 Å². The predicted octanol–water partition coefficient (Wildman–Crippen LogP) is 3.71. The van der Waals surface area contributed by atoms with Crippen LogP contribution >= 0.6 is 0 Å². The van der Waals surface area contributed by atoms with Crippen molar-refractivity contribution in [1.29, 1.82) is 0 Å². The molecular formula is C29H43N5O4. The van der Waals surface area contributed by atoms with Gasteiger partial charge in [0.05, 0.1) is 32.2 Å². The number of hydrogen-bond acceptors (Lipinski definition) is 5. The normalized spacial score (nSPS) is 21.3. The minimum Gasteiger partial charge on any atom is -0.497 e. The van der Waals surface area contributed by atoms with Crippen LogP contribution in [0, 0.1) is 11.8 Å². The van der Waals surface area contributed by atoms with Crippen LogP contribution in [0.3, 0.4) is 0 Å². The second-order valence-electron chi connectivity index (χ2n) is 10.8. The number of rotatable bonds is 12. The number of likely N-dealkylation sites (tertiary alicyclic amines) is 1. The summed E-state index contributed by atoms with van der Waals surface area (Å²) in [5, 5.41) is 5.81. The Hall–Kier alpha value is -3.07. The number of carbonyl (C=O) groups is 2. The molecule has 1 aliphatic carbocycles. The van der Waals surface area contributed by atoms with Gasteiger partial charge in [0.2, 0.25) is 5.91 Å². The lowest BCUT2D eigenvalue weighted by atomic mass is 9.67. The monoisotopic (exact) mass is 525 g/mol. The summed E-state index contributed by atoms with van der Waals surface area (Å²) in [5.41, 5.74) is 1.55. The number of carbonyl (C=O) groups excluding carboxylic acids is 2. The van der Waals surface area contributed by atoms with E-state index in [1.165, 1.54) is 19.3 Å². The molecule has 4 rings (SSSR count). The third kappa shape index (κ3) is 6.87. The van der Waals surface area contributed by atoms with E-state index in [1.54, 1.807) is 19.6 Å². The lowest BCUT2D eigenvalue weighted by Gasteiger charge is -2.56. The largest absolute Gasteiger partial charge is 0.497 e. The average molecular weight is 526 g/mol. The molecule has 2 heterocycles. The first-order valence-corrected chi connectivity index (χ1v) is 14.0. The summed E-state index contributed by atoms with van der Waals surface area (Å²) in [4.78, 5) is 35.5. The third-order valence-corrected chi connectivity index (χ3v) is 8.03. The minimum atomic E-state index is -0.679. The molecule has 38 heavy (non-hydrogen) atoms. The summed E-state index contributed by atoms with van der Waals surface area (Å²) in [6, 6.07) is 6.58. The molecular weight excluding hydrogens is 482 g/mol. The van der Waals surface area contributed by atoms with Gasteiger partial charge in [-0.25, -0.2) is 9.78 Å². The molecule has 3 unspecified atom stereocenters. The maximum atomic E-state index is 13.8. The number of aromatic amines is 1. The zero-order valence-corrected chi connectivity index (χ0v) is 23.0. The van der Waals surface area contributed by atoms with Crippen LogP contribution in [0.25, 0.3) is 0 Å². The highest BCUT2D eigenvalue weighted by molar-refractivity contribution is 5.88. The zero-order valence-electron chi connectivity index (χ0n) is 23.0. The fourth-order valence-electron chi connectivity index (χ4n) is 5.95. The topological polar surface area (TPSA) is 109 Å². The van der Waals surface area contributed by atoms with E-state index in [-0.39, 0.29) is 17.5 Å². The molecule has 2 aliphatic rings. The van der Waals surface area contributed by atoms with Crippen molar-refractivity contribution in [1.82, 2.24) is 25.5 Å². The molecule has 2 fully saturated rings. The van der Waals surface area contributed by atoms with Crippen molar-refractivity contribution in [2.75, 3.05) is 33.4 Å². The highest BCUT2D eigenvalue weighted by Crippen LogP contribution is 2.44. The van der Waals surface area contributed by atoms with Crippen LogP contribution in [0.1, 0.15) is 57.2 Å². The number of ether oxygens (including phenoxy) is 2. The van der Waals surface area contributed by atoms with Gasteiger partial charge in [0, 0.05) is 32.2 Å². The van der Waals surface area contributed by atoms with Crippen LogP contribution in [0.5, 0.6) is 5.75 Å². The number of nitrogens with zero attached hydrogens (tertiary/aromatic N) is 2. The first kappa shape index (κ1) is 28.0. The Morgan fingerprint density at radius 3 is 2.63 bits per heavy atom. The molecule has 0 bridgehead atoms. The molecule has 2 aromatic rings. The Morgan fingerprint density at radius 2 is 1.97 bits per heavy atom. The van der Waals surface area contributed by atoms with E-state index in [4.69, 9.17) is 9.47 Å². The average Bonchev–Trinajstić information content (AvgIpc) is 3.42. The molecule has 0 spiro atoms. The van der Waals surface area contributed by atoms with E-state index < -0.39 is 6.04 Å². The fraction of sp³-hybridized carbons (Fsp3) is 0.621. The Kier molecular flexibility index (Phi) is 9.66. The summed E-state index contributed by atoms with van der Waals surface area (Å²) < 4.78 is 11.8. The standard InChI is InChI=1S/C29H43N5O4/c1-4-15-38-29(25-8-6-5-7-21(25)2)18-34(19-29)27(35)26(16-22-9-11-24(37-3)12-10-22)33-28(36)31-14-13-23-17-30-20-32-23/h9-12,17,20-21,25-26H,4-8,13-16,18-19H2,1-3H3,(H,30,32)(H2,31,33,36). The van der Waals surface area contributed by atoms with Crippen LogP contribution in [-0.4, -0.2) is 71.8 Å². The zero-order chi connectivity index (χ0) is 27.0. The molecule has 1 aromatic heterocycles. The van der Waals surface area contributed by atoms with Gasteiger partial charge in [0.15, 0.2) is 0 Å². The van der Waals surface area contributed by atoms with Crippen LogP contribution in [0.15, 0.2) is 36.8 Å². The highest BCUT2D eigenvalue weighted by atomic mass is 16.5. The molecule has 3 atom stereocenters. The molecule has 208 valence electrons. The van der Waals surface area contributed by atoms with E-state index in [2.05, 4.69) is 34.4 Å². The molecule has 3 N–H and O–H groups in total. The van der Waals surface area contributed by atoms with Gasteiger partial charge in [-0.2, -0.15) is 0 Å². The number of H-pyrrole nitrogens is 1. The molecule has 1 aliphatic heterocycles. The summed E-state index contributed by atoms with van der Waals surface area (Å²) in [6.45, 7) is 6.76. The van der Waals surface area contributed by atoms with E-state index in [1.807, 2.05) is 29.2 Å². The van der Waals surface area contributed by atoms with Gasteiger partial charge in [-0.1, -0.05) is 45.2 Å². The first-order chi connectivity index (χ1) is 18.4. The number of amides is 3. The van der Waals surface area contributed by atoms with Gasteiger partial charge in [0.25, 0.3) is 0 Å². The fourth-order valence-corrected chi connectivity index (χ4v) is 5.95. The molecule has 0 radical (unpaired) electrons. The molecule has 3 amide bonds. The number of benzene rings is 1. The van der Waals surface area contributed by atoms with Crippen molar-refractivity contribution in [2.24, 2.45) is 11.8 Å². The Morgan fingerprint density at radius 1 is 1.21 bits per heavy atom. The predicted molar refractivity (Wildman–Crippen MR) is 146 cm³/mol. The van der Waals surface area contributed by atoms with Gasteiger partial charge in [-0.3, -0.25) is 4.79 Å². The van der Waals surface area contributed by atoms with Crippen molar-refractivity contribution in [3.8, 4) is 5.75 Å². The number of hydrogen-bond donors (Lipinski definition) is 3. The summed E-state index contributed by atoms with van der Waals surface area (Å²) in [7, 11) is 1.63. The third-order valence-electron chi connectivity index (χ3n) is 8.03. The van der Waals surface area contributed by atoms with Gasteiger partial charge in [0.1, 0.15) is 17.4 Å². The lowest BCUT2D eigenvalue weighted by Crippen LogP contribution is -2.71. The van der Waals surface area contributed by atoms with Crippen LogP contribution in [0.2, 0.25) is 0 Å². The van der Waals surface area contributed by atoms with Crippen molar-refractivity contribution in [3.63, 3.8) is 0 Å². The Balaban J connectivity index is 1.42. The SMILES string of the molecule is CCCOC1(C2CCCCC2C)CN(C(=O)C(Cc2ccc(OC)cc2)NC(=O)NCCc2c[nH]cn2)C1. The number of imidazole rings is 1. The smallest absolute Gasteiger partial charge is 0.315 e. The van der Waals surface area contributed by atoms with Crippen molar-refractivity contribution < 1.29 is 19.1 Å². The summed E-state index contributed by atoms with van der Waals surface area (Å²) in [6.07, 6.45) is 10.2. The molecule has 9 heteroatoms. The second kappa shape index (κ2) is 13.1. The molecule has 9 nitrogen and oxygen atoms in total. The minimum absolute atomic E-state index is 0.0672. The molecule has 1 aromatic carbocycles. The lowest BCUT2D eigenvalue weighted by molar-refractivity contribution is -0.199. The van der Waals surface area contributed by atoms with Gasteiger partial charge >= 0.3 is 6.03 Å². The summed E-state index contributed by atoms with van der Waals surface area (Å²) in [5.74, 6) is 1.74. The number of aromatic nitrogens is 2. The maximum Gasteiger partial charge on any atom is 0.315 e. The van der Waals surface area contributed by atoms with Crippen molar-refractivity contribution in [2.45, 2.75) is 70.4 Å². The van der Waals surface area contributed by atoms with E-state index in [0.717, 1.165) is 29.8 Å². The van der Waals surface area contributed by atoms with Gasteiger partial charge in [-0.05, 0) is 42.4 Å². The van der Waals surface area contributed by atoms with Crippen LogP contribution in [-0.2, 0) is 22.4 Å². The highest BCUT2D eigenvalue weighted by Gasteiger charge is 2.54. The molecule has 1 saturated heterocycles. The van der Waals surface area contributed by atoms with Crippen molar-refractivity contribution in [3.05, 3.63) is 48.0 Å². The number of urea groups is 1. The summed E-state index contributed by atoms with van der Waals surface area (Å²) >= 11 is 0.